The molecule has 12 heavy (non-hydrogen) atoms. The van der Waals surface area contributed by atoms with E-state index in [2.05, 4.69) is 5.32 Å². The van der Waals surface area contributed by atoms with Gasteiger partial charge in [-0.05, 0) is 19.3 Å². The molecular formula is C8H14N2OS. The van der Waals surface area contributed by atoms with Crippen molar-refractivity contribution in [3.8, 4) is 0 Å². The summed E-state index contributed by atoms with van der Waals surface area (Å²) in [5.41, 5.74) is 5.41. The fourth-order valence-electron chi connectivity index (χ4n) is 1.05. The molecule has 0 aromatic carbocycles. The maximum atomic E-state index is 11.4. The van der Waals surface area contributed by atoms with Crippen LogP contribution in [0.4, 0.5) is 0 Å². The van der Waals surface area contributed by atoms with Crippen molar-refractivity contribution in [2.75, 3.05) is 0 Å². The zero-order valence-electron chi connectivity index (χ0n) is 7.17. The minimum Gasteiger partial charge on any atom is -0.393 e. The molecule has 1 atom stereocenters. The van der Waals surface area contributed by atoms with E-state index in [4.69, 9.17) is 18.0 Å². The van der Waals surface area contributed by atoms with Crippen LogP contribution in [0, 0.1) is 5.92 Å². The summed E-state index contributed by atoms with van der Waals surface area (Å²) in [5.74, 6) is -0.284. The molecule has 1 fully saturated rings. The fourth-order valence-corrected chi connectivity index (χ4v) is 1.32. The number of nitrogens with two attached hydrogens (primary N) is 1. The minimum absolute atomic E-state index is 0.00694. The summed E-state index contributed by atoms with van der Waals surface area (Å²) >= 11 is 4.78. The summed E-state index contributed by atoms with van der Waals surface area (Å²) in [6.07, 6.45) is 2.88. The Labute approximate surface area is 77.7 Å². The smallest absolute Gasteiger partial charge is 0.230 e. The lowest BCUT2D eigenvalue weighted by Crippen LogP contribution is -2.38. The highest BCUT2D eigenvalue weighted by molar-refractivity contribution is 7.80. The predicted octanol–water partition coefficient (Wildman–Crippen LogP) is 0.577. The van der Waals surface area contributed by atoms with Crippen LogP contribution in [0.2, 0.25) is 0 Å². The standard InChI is InChI=1S/C8H14N2OS/c1-2-6(7(9)12)8(11)10-5-3-4-5/h5-6H,2-4H2,1H3,(H2,9,12)(H,10,11). The van der Waals surface area contributed by atoms with Crippen LogP contribution in [0.3, 0.4) is 0 Å². The molecule has 3 nitrogen and oxygen atoms in total. The van der Waals surface area contributed by atoms with E-state index in [-0.39, 0.29) is 11.8 Å². The molecule has 3 N–H and O–H groups in total. The molecule has 1 aliphatic carbocycles. The largest absolute Gasteiger partial charge is 0.393 e. The molecule has 0 radical (unpaired) electrons. The second-order valence-corrected chi connectivity index (χ2v) is 3.62. The zero-order chi connectivity index (χ0) is 9.14. The Kier molecular flexibility index (Phi) is 3.03. The second kappa shape index (κ2) is 3.85. The first kappa shape index (κ1) is 9.45. The van der Waals surface area contributed by atoms with Crippen LogP contribution >= 0.6 is 12.2 Å². The number of carbonyl (C=O) groups is 1. The third-order valence-corrected chi connectivity index (χ3v) is 2.28. The van der Waals surface area contributed by atoms with E-state index >= 15 is 0 Å². The summed E-state index contributed by atoms with van der Waals surface area (Å²) in [6.45, 7) is 1.91. The quantitative estimate of drug-likeness (QED) is 0.631. The fraction of sp³-hybridized carbons (Fsp3) is 0.750. The zero-order valence-corrected chi connectivity index (χ0v) is 7.99. The van der Waals surface area contributed by atoms with E-state index in [0.717, 1.165) is 12.8 Å². The highest BCUT2D eigenvalue weighted by Crippen LogP contribution is 2.19. The van der Waals surface area contributed by atoms with Crippen LogP contribution in [-0.4, -0.2) is 16.9 Å². The molecule has 0 spiro atoms. The number of thiocarbonyl (C=S) groups is 1. The normalized spacial score (nSPS) is 18.4. The van der Waals surface area contributed by atoms with Crippen molar-refractivity contribution in [2.24, 2.45) is 11.7 Å². The highest BCUT2D eigenvalue weighted by Gasteiger charge is 2.27. The maximum absolute atomic E-state index is 11.4. The SMILES string of the molecule is CCC(C(=O)NC1CC1)C(N)=S. The van der Waals surface area contributed by atoms with Gasteiger partial charge in [0.1, 0.15) is 0 Å². The van der Waals surface area contributed by atoms with Crippen LogP contribution in [0.5, 0.6) is 0 Å². The maximum Gasteiger partial charge on any atom is 0.230 e. The van der Waals surface area contributed by atoms with E-state index in [1.807, 2.05) is 6.92 Å². The third kappa shape index (κ3) is 2.44. The van der Waals surface area contributed by atoms with Crippen LogP contribution < -0.4 is 11.1 Å². The summed E-state index contributed by atoms with van der Waals surface area (Å²) in [4.78, 5) is 11.7. The first-order chi connectivity index (χ1) is 5.65. The van der Waals surface area contributed by atoms with Gasteiger partial charge in [-0.3, -0.25) is 4.79 Å². The van der Waals surface area contributed by atoms with Crippen molar-refractivity contribution >= 4 is 23.1 Å². The summed E-state index contributed by atoms with van der Waals surface area (Å²) in [6, 6.07) is 0.390. The molecule has 1 saturated carbocycles. The van der Waals surface area contributed by atoms with Gasteiger partial charge < -0.3 is 11.1 Å². The molecule has 1 rings (SSSR count). The van der Waals surface area contributed by atoms with Gasteiger partial charge in [0.05, 0.1) is 10.9 Å². The molecule has 0 bridgehead atoms. The Bertz CT molecular complexity index is 201. The average molecular weight is 186 g/mol. The van der Waals surface area contributed by atoms with Gasteiger partial charge in [0.2, 0.25) is 5.91 Å². The van der Waals surface area contributed by atoms with Gasteiger partial charge in [0, 0.05) is 6.04 Å². The van der Waals surface area contributed by atoms with Crippen molar-refractivity contribution in [2.45, 2.75) is 32.2 Å². The van der Waals surface area contributed by atoms with Gasteiger partial charge in [0.15, 0.2) is 0 Å². The first-order valence-corrected chi connectivity index (χ1v) is 4.65. The monoisotopic (exact) mass is 186 g/mol. The molecule has 1 aliphatic rings. The van der Waals surface area contributed by atoms with E-state index in [1.54, 1.807) is 0 Å². The second-order valence-electron chi connectivity index (χ2n) is 3.15. The van der Waals surface area contributed by atoms with Crippen molar-refractivity contribution in [3.05, 3.63) is 0 Å². The molecule has 4 heteroatoms. The molecule has 0 aromatic heterocycles. The number of hydrogen-bond donors (Lipinski definition) is 2. The molecule has 68 valence electrons. The highest BCUT2D eigenvalue weighted by atomic mass is 32.1. The molecule has 1 amide bonds. The van der Waals surface area contributed by atoms with E-state index in [9.17, 15) is 4.79 Å². The Hall–Kier alpha value is -0.640. The predicted molar refractivity (Wildman–Crippen MR) is 51.7 cm³/mol. The van der Waals surface area contributed by atoms with Crippen molar-refractivity contribution in [1.82, 2.24) is 5.32 Å². The van der Waals surface area contributed by atoms with Gasteiger partial charge >= 0.3 is 0 Å². The number of rotatable bonds is 4. The lowest BCUT2D eigenvalue weighted by atomic mass is 10.1. The topological polar surface area (TPSA) is 55.1 Å². The Balaban J connectivity index is 2.40. The van der Waals surface area contributed by atoms with Crippen LogP contribution in [0.15, 0.2) is 0 Å². The molecule has 1 unspecified atom stereocenters. The van der Waals surface area contributed by atoms with Crippen molar-refractivity contribution in [3.63, 3.8) is 0 Å². The number of hydrogen-bond acceptors (Lipinski definition) is 2. The summed E-state index contributed by atoms with van der Waals surface area (Å²) in [5, 5.41) is 2.88. The van der Waals surface area contributed by atoms with Gasteiger partial charge in [0.25, 0.3) is 0 Å². The number of amides is 1. The van der Waals surface area contributed by atoms with Gasteiger partial charge in [-0.2, -0.15) is 0 Å². The van der Waals surface area contributed by atoms with Gasteiger partial charge in [-0.25, -0.2) is 0 Å². The first-order valence-electron chi connectivity index (χ1n) is 4.24. The Morgan fingerprint density at radius 2 is 2.33 bits per heavy atom. The van der Waals surface area contributed by atoms with Crippen LogP contribution in [0.1, 0.15) is 26.2 Å². The van der Waals surface area contributed by atoms with Gasteiger partial charge in [-0.15, -0.1) is 0 Å². The van der Waals surface area contributed by atoms with Crippen LogP contribution in [-0.2, 0) is 4.79 Å². The molecule has 0 aliphatic heterocycles. The van der Waals surface area contributed by atoms with E-state index in [1.165, 1.54) is 0 Å². The number of carbonyl (C=O) groups excluding carboxylic acids is 1. The van der Waals surface area contributed by atoms with E-state index < -0.39 is 0 Å². The lowest BCUT2D eigenvalue weighted by Gasteiger charge is -2.12. The Morgan fingerprint density at radius 1 is 1.75 bits per heavy atom. The van der Waals surface area contributed by atoms with Crippen LogP contribution in [0.25, 0.3) is 0 Å². The third-order valence-electron chi connectivity index (χ3n) is 1.99. The summed E-state index contributed by atoms with van der Waals surface area (Å²) in [7, 11) is 0. The average Bonchev–Trinajstić information content (AvgIpc) is 2.71. The number of nitrogens with one attached hydrogen (secondary N) is 1. The van der Waals surface area contributed by atoms with E-state index in [0.29, 0.717) is 17.5 Å². The lowest BCUT2D eigenvalue weighted by molar-refractivity contribution is -0.123. The van der Waals surface area contributed by atoms with Gasteiger partial charge in [-0.1, -0.05) is 19.1 Å². The summed E-state index contributed by atoms with van der Waals surface area (Å²) < 4.78 is 0. The molecule has 0 heterocycles. The minimum atomic E-state index is -0.277. The molecule has 0 saturated heterocycles. The van der Waals surface area contributed by atoms with Crippen molar-refractivity contribution in [1.29, 1.82) is 0 Å². The Morgan fingerprint density at radius 3 is 2.67 bits per heavy atom. The van der Waals surface area contributed by atoms with Crippen molar-refractivity contribution < 1.29 is 4.79 Å². The molecule has 0 aromatic rings. The molecular weight excluding hydrogens is 172 g/mol.